The molecule has 0 atom stereocenters. The van der Waals surface area contributed by atoms with Gasteiger partial charge in [0.15, 0.2) is 0 Å². The highest BCUT2D eigenvalue weighted by Crippen LogP contribution is 2.15. The number of amides is 1. The van der Waals surface area contributed by atoms with Gasteiger partial charge >= 0.3 is 0 Å². The van der Waals surface area contributed by atoms with Gasteiger partial charge in [-0.1, -0.05) is 11.8 Å². The van der Waals surface area contributed by atoms with Gasteiger partial charge in [-0.05, 0) is 6.07 Å². The molecule has 1 N–H and O–H groups in total. The zero-order chi connectivity index (χ0) is 11.3. The van der Waals surface area contributed by atoms with Gasteiger partial charge in [-0.25, -0.2) is 0 Å². The topological polar surface area (TPSA) is 40.5 Å². The Balaban J connectivity index is 2.64. The molecule has 1 rings (SSSR count). The van der Waals surface area contributed by atoms with Crippen LogP contribution in [-0.4, -0.2) is 29.6 Å². The highest BCUT2D eigenvalue weighted by molar-refractivity contribution is 7.10. The van der Waals surface area contributed by atoms with Gasteiger partial charge < -0.3 is 10.0 Å². The average molecular weight is 223 g/mol. The normalized spacial score (nSPS) is 9.27. The molecule has 1 aromatic heterocycles. The number of carbonyl (C=O) groups excluding carboxylic acids is 1. The Morgan fingerprint density at radius 3 is 3.00 bits per heavy atom. The monoisotopic (exact) mass is 223 g/mol. The number of aliphatic hydroxyl groups excluding tert-OH is 1. The third-order valence-corrected chi connectivity index (χ3v) is 2.82. The highest BCUT2D eigenvalue weighted by atomic mass is 32.1. The minimum absolute atomic E-state index is 0.0476. The van der Waals surface area contributed by atoms with E-state index in [0.29, 0.717) is 6.54 Å². The fourth-order valence-electron chi connectivity index (χ4n) is 1.02. The number of hydrogen-bond acceptors (Lipinski definition) is 3. The van der Waals surface area contributed by atoms with E-state index in [1.54, 1.807) is 30.2 Å². The Morgan fingerprint density at radius 1 is 1.67 bits per heavy atom. The minimum atomic E-state index is -0.126. The van der Waals surface area contributed by atoms with Gasteiger partial charge in [0.2, 0.25) is 5.91 Å². The Hall–Kier alpha value is -1.31. The van der Waals surface area contributed by atoms with Crippen LogP contribution in [0.25, 0.3) is 0 Å². The van der Waals surface area contributed by atoms with Crippen molar-refractivity contribution in [1.29, 1.82) is 0 Å². The van der Waals surface area contributed by atoms with Crippen molar-refractivity contribution >= 4 is 17.2 Å². The van der Waals surface area contributed by atoms with Crippen LogP contribution in [-0.2, 0) is 11.3 Å². The van der Waals surface area contributed by atoms with Gasteiger partial charge in [0.1, 0.15) is 6.61 Å². The number of nitrogens with zero attached hydrogens (tertiary/aromatic N) is 1. The van der Waals surface area contributed by atoms with Crippen LogP contribution in [0.1, 0.15) is 17.4 Å². The molecular weight excluding hydrogens is 210 g/mol. The Morgan fingerprint density at radius 2 is 2.40 bits per heavy atom. The van der Waals surface area contributed by atoms with Crippen molar-refractivity contribution in [3.63, 3.8) is 0 Å². The van der Waals surface area contributed by atoms with Crippen LogP contribution in [0.2, 0.25) is 0 Å². The number of thiophene rings is 1. The summed E-state index contributed by atoms with van der Waals surface area (Å²) in [5.74, 6) is 5.46. The zero-order valence-electron chi connectivity index (χ0n) is 8.78. The van der Waals surface area contributed by atoms with Crippen LogP contribution < -0.4 is 0 Å². The summed E-state index contributed by atoms with van der Waals surface area (Å²) in [6, 6.07) is 1.94. The molecule has 0 spiro atoms. The first kappa shape index (κ1) is 11.8. The Kier molecular flexibility index (Phi) is 4.35. The van der Waals surface area contributed by atoms with Gasteiger partial charge in [-0.2, -0.15) is 0 Å². The molecule has 0 aliphatic rings. The second-order valence-electron chi connectivity index (χ2n) is 3.14. The minimum Gasteiger partial charge on any atom is -0.384 e. The molecule has 0 saturated heterocycles. The van der Waals surface area contributed by atoms with Crippen LogP contribution in [0, 0.1) is 11.8 Å². The average Bonchev–Trinajstić information content (AvgIpc) is 2.62. The molecule has 4 heteroatoms. The molecule has 15 heavy (non-hydrogen) atoms. The number of carbonyl (C=O) groups is 1. The van der Waals surface area contributed by atoms with Crippen molar-refractivity contribution in [3.8, 4) is 11.8 Å². The lowest BCUT2D eigenvalue weighted by molar-refractivity contribution is -0.128. The molecule has 0 bridgehead atoms. The lowest BCUT2D eigenvalue weighted by atomic mass is 10.3. The maximum absolute atomic E-state index is 11.0. The molecular formula is C11H13NO2S. The molecule has 0 saturated carbocycles. The molecule has 1 amide bonds. The van der Waals surface area contributed by atoms with Gasteiger partial charge in [0, 0.05) is 29.8 Å². The van der Waals surface area contributed by atoms with Crippen LogP contribution in [0.5, 0.6) is 0 Å². The fourth-order valence-corrected chi connectivity index (χ4v) is 1.88. The zero-order valence-corrected chi connectivity index (χ0v) is 9.60. The van der Waals surface area contributed by atoms with Gasteiger partial charge in [-0.3, -0.25) is 4.79 Å². The van der Waals surface area contributed by atoms with Crippen molar-refractivity contribution in [2.75, 3.05) is 13.7 Å². The third kappa shape index (κ3) is 3.74. The molecule has 1 aromatic rings. The Labute approximate surface area is 93.3 Å². The SMILES string of the molecule is CC(=O)N(C)Cc1cc(C#CCO)cs1. The van der Waals surface area contributed by atoms with E-state index < -0.39 is 0 Å². The molecule has 0 aliphatic heterocycles. The molecule has 80 valence electrons. The lowest BCUT2D eigenvalue weighted by Crippen LogP contribution is -2.22. The molecule has 0 aromatic carbocycles. The number of hydrogen-bond donors (Lipinski definition) is 1. The van der Waals surface area contributed by atoms with Gasteiger partial charge in [-0.15, -0.1) is 11.3 Å². The summed E-state index contributed by atoms with van der Waals surface area (Å²) >= 11 is 1.57. The second kappa shape index (κ2) is 5.54. The van der Waals surface area contributed by atoms with Crippen LogP contribution >= 0.6 is 11.3 Å². The quantitative estimate of drug-likeness (QED) is 0.762. The van der Waals surface area contributed by atoms with Gasteiger partial charge in [0.25, 0.3) is 0 Å². The molecule has 0 radical (unpaired) electrons. The first-order valence-corrected chi connectivity index (χ1v) is 5.40. The van der Waals surface area contributed by atoms with Crippen molar-refractivity contribution in [2.45, 2.75) is 13.5 Å². The van der Waals surface area contributed by atoms with E-state index in [4.69, 9.17) is 5.11 Å². The van der Waals surface area contributed by atoms with Crippen molar-refractivity contribution in [1.82, 2.24) is 4.90 Å². The highest BCUT2D eigenvalue weighted by Gasteiger charge is 2.04. The summed E-state index contributed by atoms with van der Waals surface area (Å²) in [5.41, 5.74) is 0.890. The van der Waals surface area contributed by atoms with Crippen molar-refractivity contribution < 1.29 is 9.90 Å². The summed E-state index contributed by atoms with van der Waals surface area (Å²) in [5, 5.41) is 10.5. The van der Waals surface area contributed by atoms with E-state index in [0.717, 1.165) is 10.4 Å². The summed E-state index contributed by atoms with van der Waals surface area (Å²) in [4.78, 5) is 13.7. The van der Waals surface area contributed by atoms with Crippen molar-refractivity contribution in [2.24, 2.45) is 0 Å². The van der Waals surface area contributed by atoms with Gasteiger partial charge in [0.05, 0.1) is 6.54 Å². The van der Waals surface area contributed by atoms with E-state index in [-0.39, 0.29) is 12.5 Å². The maximum atomic E-state index is 11.0. The first-order chi connectivity index (χ1) is 7.13. The van der Waals surface area contributed by atoms with Crippen LogP contribution in [0.3, 0.4) is 0 Å². The van der Waals surface area contributed by atoms with E-state index >= 15 is 0 Å². The second-order valence-corrected chi connectivity index (χ2v) is 4.13. The Bertz CT molecular complexity index is 400. The molecule has 0 unspecified atom stereocenters. The smallest absolute Gasteiger partial charge is 0.219 e. The van der Waals surface area contributed by atoms with E-state index in [2.05, 4.69) is 11.8 Å². The standard InChI is InChI=1S/C11H13NO2S/c1-9(14)12(2)7-11-6-10(8-15-11)4-3-5-13/h6,8,13H,5,7H2,1-2H3. The molecule has 0 fully saturated rings. The first-order valence-electron chi connectivity index (χ1n) is 4.52. The fraction of sp³-hybridized carbons (Fsp3) is 0.364. The van der Waals surface area contributed by atoms with E-state index in [1.807, 2.05) is 11.4 Å². The van der Waals surface area contributed by atoms with Crippen LogP contribution in [0.4, 0.5) is 0 Å². The molecule has 1 heterocycles. The van der Waals surface area contributed by atoms with E-state index in [9.17, 15) is 4.79 Å². The third-order valence-electron chi connectivity index (χ3n) is 1.90. The summed E-state index contributed by atoms with van der Waals surface area (Å²) in [6.45, 7) is 2.03. The van der Waals surface area contributed by atoms with Crippen LogP contribution in [0.15, 0.2) is 11.4 Å². The largest absolute Gasteiger partial charge is 0.384 e. The number of rotatable bonds is 2. The van der Waals surface area contributed by atoms with E-state index in [1.165, 1.54) is 0 Å². The summed E-state index contributed by atoms with van der Waals surface area (Å²) < 4.78 is 0. The number of aliphatic hydroxyl groups is 1. The maximum Gasteiger partial charge on any atom is 0.219 e. The predicted octanol–water partition coefficient (Wildman–Crippen LogP) is 1.07. The predicted molar refractivity (Wildman–Crippen MR) is 60.4 cm³/mol. The molecule has 0 aliphatic carbocycles. The summed E-state index contributed by atoms with van der Waals surface area (Å²) in [6.07, 6.45) is 0. The van der Waals surface area contributed by atoms with Crippen molar-refractivity contribution in [3.05, 3.63) is 21.9 Å². The summed E-state index contributed by atoms with van der Waals surface area (Å²) in [7, 11) is 1.77. The molecule has 3 nitrogen and oxygen atoms in total. The lowest BCUT2D eigenvalue weighted by Gasteiger charge is -2.12.